The average molecular weight is 418 g/mol. The fraction of sp³-hybridized carbons (Fsp3) is 0.591. The van der Waals surface area contributed by atoms with Gasteiger partial charge in [0.05, 0.1) is 23.9 Å². The zero-order chi connectivity index (χ0) is 20.5. The number of piperidine rings is 1. The molecular formula is C22H35N5OS. The summed E-state index contributed by atoms with van der Waals surface area (Å²) in [5.74, 6) is 1.89. The van der Waals surface area contributed by atoms with Gasteiger partial charge < -0.3 is 20.0 Å². The van der Waals surface area contributed by atoms with Crippen molar-refractivity contribution in [2.24, 2.45) is 4.99 Å². The number of hydrogen-bond acceptors (Lipinski definition) is 5. The SMILES string of the molecule is CCNC(=NCC(c1ccco1)N(CC)CC)NC1CCN(c2cccs2)CC1. The van der Waals surface area contributed by atoms with E-state index in [1.807, 2.05) is 17.4 Å². The Morgan fingerprint density at radius 1 is 1.24 bits per heavy atom. The number of guanidine groups is 1. The summed E-state index contributed by atoms with van der Waals surface area (Å²) in [6, 6.07) is 8.98. The maximum absolute atomic E-state index is 5.71. The quantitative estimate of drug-likeness (QED) is 0.478. The van der Waals surface area contributed by atoms with Gasteiger partial charge in [0.1, 0.15) is 5.76 Å². The first-order valence-electron chi connectivity index (χ1n) is 10.9. The molecule has 2 aromatic rings. The third kappa shape index (κ3) is 6.00. The lowest BCUT2D eigenvalue weighted by atomic mass is 10.1. The molecule has 0 bridgehead atoms. The molecule has 3 rings (SSSR count). The first kappa shape index (κ1) is 21.7. The van der Waals surface area contributed by atoms with Crippen molar-refractivity contribution in [3.05, 3.63) is 41.7 Å². The molecule has 1 aliphatic rings. The van der Waals surface area contributed by atoms with Crippen molar-refractivity contribution in [2.45, 2.75) is 45.7 Å². The van der Waals surface area contributed by atoms with Crippen LogP contribution in [0.2, 0.25) is 0 Å². The van der Waals surface area contributed by atoms with Crippen LogP contribution in [0, 0.1) is 0 Å². The second-order valence-electron chi connectivity index (χ2n) is 7.33. The standard InChI is InChI=1S/C22H35N5OS/c1-4-23-22(24-17-19(26(5-2)6-3)20-9-7-15-28-20)25-18-11-13-27(14-12-18)21-10-8-16-29-21/h7-10,15-16,18-19H,4-6,11-14,17H2,1-3H3,(H2,23,24,25). The predicted molar refractivity (Wildman–Crippen MR) is 123 cm³/mol. The van der Waals surface area contributed by atoms with E-state index in [0.717, 1.165) is 57.3 Å². The van der Waals surface area contributed by atoms with E-state index in [-0.39, 0.29) is 6.04 Å². The van der Waals surface area contributed by atoms with E-state index in [4.69, 9.17) is 9.41 Å². The summed E-state index contributed by atoms with van der Waals surface area (Å²) in [5.41, 5.74) is 0. The lowest BCUT2D eigenvalue weighted by Gasteiger charge is -2.34. The minimum Gasteiger partial charge on any atom is -0.468 e. The van der Waals surface area contributed by atoms with Gasteiger partial charge in [-0.25, -0.2) is 0 Å². The molecule has 3 heterocycles. The van der Waals surface area contributed by atoms with Crippen molar-refractivity contribution in [3.8, 4) is 0 Å². The normalized spacial score (nSPS) is 17.0. The van der Waals surface area contributed by atoms with Gasteiger partial charge in [-0.1, -0.05) is 13.8 Å². The lowest BCUT2D eigenvalue weighted by molar-refractivity contribution is 0.198. The van der Waals surface area contributed by atoms with E-state index >= 15 is 0 Å². The molecule has 29 heavy (non-hydrogen) atoms. The van der Waals surface area contributed by atoms with E-state index in [1.165, 1.54) is 5.00 Å². The third-order valence-corrected chi connectivity index (χ3v) is 6.47. The summed E-state index contributed by atoms with van der Waals surface area (Å²) in [6.07, 6.45) is 4.00. The molecule has 1 fully saturated rings. The fourth-order valence-corrected chi connectivity index (χ4v) is 4.70. The number of likely N-dealkylation sites (N-methyl/N-ethyl adjacent to an activating group) is 1. The van der Waals surface area contributed by atoms with Gasteiger partial charge in [0.15, 0.2) is 5.96 Å². The molecule has 1 aliphatic heterocycles. The monoisotopic (exact) mass is 417 g/mol. The Morgan fingerprint density at radius 2 is 2.03 bits per heavy atom. The summed E-state index contributed by atoms with van der Waals surface area (Å²) >= 11 is 1.83. The van der Waals surface area contributed by atoms with Gasteiger partial charge in [-0.15, -0.1) is 11.3 Å². The Morgan fingerprint density at radius 3 is 2.62 bits per heavy atom. The number of furan rings is 1. The summed E-state index contributed by atoms with van der Waals surface area (Å²) in [4.78, 5) is 9.81. The largest absolute Gasteiger partial charge is 0.468 e. The van der Waals surface area contributed by atoms with Crippen LogP contribution in [0.15, 0.2) is 45.3 Å². The average Bonchev–Trinajstić information content (AvgIpc) is 3.46. The molecule has 2 aromatic heterocycles. The number of rotatable bonds is 9. The Hall–Kier alpha value is -1.99. The summed E-state index contributed by atoms with van der Waals surface area (Å²) in [7, 11) is 0. The van der Waals surface area contributed by atoms with Crippen LogP contribution in [-0.4, -0.2) is 56.2 Å². The number of anilines is 1. The minimum absolute atomic E-state index is 0.163. The molecule has 7 heteroatoms. The number of thiophene rings is 1. The van der Waals surface area contributed by atoms with Crippen LogP contribution in [0.1, 0.15) is 45.4 Å². The van der Waals surface area contributed by atoms with Crippen LogP contribution >= 0.6 is 11.3 Å². The van der Waals surface area contributed by atoms with Gasteiger partial charge in [0.2, 0.25) is 0 Å². The van der Waals surface area contributed by atoms with Gasteiger partial charge in [-0.05, 0) is 62.5 Å². The van der Waals surface area contributed by atoms with Crippen LogP contribution in [-0.2, 0) is 0 Å². The molecule has 1 atom stereocenters. The Bertz CT molecular complexity index is 704. The van der Waals surface area contributed by atoms with E-state index in [2.05, 4.69) is 64.8 Å². The molecule has 1 unspecified atom stereocenters. The third-order valence-electron chi connectivity index (χ3n) is 5.54. The molecule has 0 spiro atoms. The summed E-state index contributed by atoms with van der Waals surface area (Å²) in [5, 5.41) is 10.6. The molecule has 0 amide bonds. The highest BCUT2D eigenvalue weighted by Crippen LogP contribution is 2.25. The molecule has 0 saturated carbocycles. The maximum Gasteiger partial charge on any atom is 0.191 e. The number of hydrogen-bond donors (Lipinski definition) is 2. The van der Waals surface area contributed by atoms with Gasteiger partial charge in [0.25, 0.3) is 0 Å². The van der Waals surface area contributed by atoms with Crippen LogP contribution in [0.25, 0.3) is 0 Å². The van der Waals surface area contributed by atoms with Crippen LogP contribution in [0.5, 0.6) is 0 Å². The van der Waals surface area contributed by atoms with Gasteiger partial charge in [-0.3, -0.25) is 9.89 Å². The second kappa shape index (κ2) is 11.3. The van der Waals surface area contributed by atoms with Crippen molar-refractivity contribution in [1.82, 2.24) is 15.5 Å². The molecule has 2 N–H and O–H groups in total. The fourth-order valence-electron chi connectivity index (χ4n) is 3.92. The predicted octanol–water partition coefficient (Wildman–Crippen LogP) is 3.95. The Kier molecular flexibility index (Phi) is 8.43. The number of nitrogens with one attached hydrogen (secondary N) is 2. The first-order chi connectivity index (χ1) is 14.2. The molecule has 0 radical (unpaired) electrons. The second-order valence-corrected chi connectivity index (χ2v) is 8.26. The lowest BCUT2D eigenvalue weighted by Crippen LogP contribution is -2.49. The van der Waals surface area contributed by atoms with Crippen LogP contribution in [0.4, 0.5) is 5.00 Å². The van der Waals surface area contributed by atoms with E-state index < -0.39 is 0 Å². The smallest absolute Gasteiger partial charge is 0.191 e. The van der Waals surface area contributed by atoms with E-state index in [1.54, 1.807) is 6.26 Å². The van der Waals surface area contributed by atoms with Crippen molar-refractivity contribution in [2.75, 3.05) is 44.2 Å². The van der Waals surface area contributed by atoms with E-state index in [9.17, 15) is 0 Å². The highest BCUT2D eigenvalue weighted by atomic mass is 32.1. The molecule has 6 nitrogen and oxygen atoms in total. The van der Waals surface area contributed by atoms with Crippen molar-refractivity contribution >= 4 is 22.3 Å². The summed E-state index contributed by atoms with van der Waals surface area (Å²) < 4.78 is 5.71. The van der Waals surface area contributed by atoms with Crippen LogP contribution in [0.3, 0.4) is 0 Å². The number of nitrogens with zero attached hydrogens (tertiary/aromatic N) is 3. The topological polar surface area (TPSA) is 56.0 Å². The zero-order valence-corrected chi connectivity index (χ0v) is 18.8. The molecule has 0 aliphatic carbocycles. The minimum atomic E-state index is 0.163. The first-order valence-corrected chi connectivity index (χ1v) is 11.7. The van der Waals surface area contributed by atoms with Crippen molar-refractivity contribution < 1.29 is 4.42 Å². The van der Waals surface area contributed by atoms with Crippen LogP contribution < -0.4 is 15.5 Å². The maximum atomic E-state index is 5.71. The Labute approximate surface area is 179 Å². The van der Waals surface area contributed by atoms with Crippen molar-refractivity contribution in [3.63, 3.8) is 0 Å². The molecule has 160 valence electrons. The van der Waals surface area contributed by atoms with E-state index in [0.29, 0.717) is 12.6 Å². The highest BCUT2D eigenvalue weighted by Gasteiger charge is 2.23. The van der Waals surface area contributed by atoms with Gasteiger partial charge >= 0.3 is 0 Å². The van der Waals surface area contributed by atoms with Crippen molar-refractivity contribution in [1.29, 1.82) is 0 Å². The van der Waals surface area contributed by atoms with Gasteiger partial charge in [-0.2, -0.15) is 0 Å². The van der Waals surface area contributed by atoms with Gasteiger partial charge in [0, 0.05) is 25.7 Å². The number of aliphatic imine (C=N–C) groups is 1. The zero-order valence-electron chi connectivity index (χ0n) is 17.9. The highest BCUT2D eigenvalue weighted by molar-refractivity contribution is 7.14. The Balaban J connectivity index is 1.60. The molecular weight excluding hydrogens is 382 g/mol. The molecule has 1 saturated heterocycles. The summed E-state index contributed by atoms with van der Waals surface area (Å²) in [6.45, 7) is 12.2. The molecule has 0 aromatic carbocycles.